The van der Waals surface area contributed by atoms with E-state index in [1.165, 1.54) is 17.0 Å². The molecule has 0 bridgehead atoms. The minimum Gasteiger partial charge on any atom is -0.317 e. The second-order valence-corrected chi connectivity index (χ2v) is 5.78. The van der Waals surface area contributed by atoms with E-state index in [9.17, 15) is 9.18 Å². The number of urea groups is 1. The summed E-state index contributed by atoms with van der Waals surface area (Å²) in [6, 6.07) is 9.95. The summed E-state index contributed by atoms with van der Waals surface area (Å²) in [6.07, 6.45) is 2.01. The van der Waals surface area contributed by atoms with Crippen LogP contribution in [0.3, 0.4) is 0 Å². The quantitative estimate of drug-likeness (QED) is 0.880. The maximum atomic E-state index is 12.9. The van der Waals surface area contributed by atoms with E-state index in [-0.39, 0.29) is 17.9 Å². The van der Waals surface area contributed by atoms with Crippen LogP contribution in [-0.2, 0) is 0 Å². The first-order valence-electron chi connectivity index (χ1n) is 6.60. The lowest BCUT2D eigenvalue weighted by molar-refractivity contribution is 0.208. The molecule has 1 atom stereocenters. The van der Waals surface area contributed by atoms with Gasteiger partial charge in [0, 0.05) is 17.1 Å². The summed E-state index contributed by atoms with van der Waals surface area (Å²) in [7, 11) is 0. The van der Waals surface area contributed by atoms with Crippen LogP contribution in [0.4, 0.5) is 14.9 Å². The Kier molecular flexibility index (Phi) is 3.69. The molecule has 104 valence electrons. The molecule has 0 radical (unpaired) electrons. The normalized spacial score (nSPS) is 18.2. The van der Waals surface area contributed by atoms with Gasteiger partial charge in [0.1, 0.15) is 5.82 Å². The standard InChI is InChI=1S/C15H15FN2OS/c16-11-5-7-12(8-6-11)17-15(19)18-9-1-3-13(18)14-4-2-10-20-14/h2,4-8,10,13H,1,3,9H2,(H,17,19)/t13-/m0/s1. The van der Waals surface area contributed by atoms with Gasteiger partial charge in [0.2, 0.25) is 0 Å². The Bertz CT molecular complexity index is 582. The first-order chi connectivity index (χ1) is 9.74. The summed E-state index contributed by atoms with van der Waals surface area (Å²) in [5.74, 6) is -0.305. The van der Waals surface area contributed by atoms with Crippen LogP contribution in [-0.4, -0.2) is 17.5 Å². The van der Waals surface area contributed by atoms with E-state index in [1.807, 2.05) is 16.3 Å². The molecule has 1 fully saturated rings. The van der Waals surface area contributed by atoms with Crippen molar-refractivity contribution in [2.45, 2.75) is 18.9 Å². The molecule has 0 spiro atoms. The number of nitrogens with zero attached hydrogens (tertiary/aromatic N) is 1. The van der Waals surface area contributed by atoms with Crippen LogP contribution in [0.5, 0.6) is 0 Å². The van der Waals surface area contributed by atoms with E-state index in [0.717, 1.165) is 19.4 Å². The molecule has 1 aromatic carbocycles. The summed E-state index contributed by atoms with van der Waals surface area (Å²) in [4.78, 5) is 15.4. The smallest absolute Gasteiger partial charge is 0.317 e. The van der Waals surface area contributed by atoms with Crippen molar-refractivity contribution < 1.29 is 9.18 Å². The highest BCUT2D eigenvalue weighted by Gasteiger charge is 2.30. The Hall–Kier alpha value is -1.88. The first kappa shape index (κ1) is 13.1. The molecule has 2 amide bonds. The van der Waals surface area contributed by atoms with Crippen LogP contribution in [0.15, 0.2) is 41.8 Å². The van der Waals surface area contributed by atoms with Crippen molar-refractivity contribution in [3.8, 4) is 0 Å². The van der Waals surface area contributed by atoms with Crippen molar-refractivity contribution in [3.05, 3.63) is 52.5 Å². The molecule has 2 aromatic rings. The molecule has 0 unspecified atom stereocenters. The third-order valence-corrected chi connectivity index (χ3v) is 4.45. The Morgan fingerprint density at radius 2 is 2.10 bits per heavy atom. The van der Waals surface area contributed by atoms with Crippen LogP contribution in [0.1, 0.15) is 23.8 Å². The van der Waals surface area contributed by atoms with Gasteiger partial charge >= 0.3 is 6.03 Å². The Morgan fingerprint density at radius 1 is 1.30 bits per heavy atom. The Balaban J connectivity index is 1.71. The lowest BCUT2D eigenvalue weighted by Gasteiger charge is -2.24. The number of halogens is 1. The number of rotatable bonds is 2. The van der Waals surface area contributed by atoms with Gasteiger partial charge in [-0.1, -0.05) is 6.07 Å². The maximum absolute atomic E-state index is 12.9. The molecule has 0 saturated carbocycles. The van der Waals surface area contributed by atoms with Gasteiger partial charge in [-0.15, -0.1) is 11.3 Å². The van der Waals surface area contributed by atoms with Gasteiger partial charge < -0.3 is 10.2 Å². The molecule has 1 aliphatic rings. The molecule has 1 N–H and O–H groups in total. The summed E-state index contributed by atoms with van der Waals surface area (Å²) in [5, 5.41) is 4.86. The van der Waals surface area contributed by atoms with Crippen LogP contribution in [0.2, 0.25) is 0 Å². The lowest BCUT2D eigenvalue weighted by Crippen LogP contribution is -2.34. The molecule has 20 heavy (non-hydrogen) atoms. The number of carbonyl (C=O) groups excluding carboxylic acids is 1. The Labute approximate surface area is 121 Å². The maximum Gasteiger partial charge on any atom is 0.322 e. The van der Waals surface area contributed by atoms with Crippen LogP contribution in [0.25, 0.3) is 0 Å². The molecule has 3 rings (SSSR count). The number of carbonyl (C=O) groups is 1. The lowest BCUT2D eigenvalue weighted by atomic mass is 10.2. The topological polar surface area (TPSA) is 32.3 Å². The molecule has 2 heterocycles. The summed E-state index contributed by atoms with van der Waals surface area (Å²) in [6.45, 7) is 0.760. The number of likely N-dealkylation sites (tertiary alicyclic amines) is 1. The highest BCUT2D eigenvalue weighted by Crippen LogP contribution is 2.34. The van der Waals surface area contributed by atoms with Crippen LogP contribution < -0.4 is 5.32 Å². The first-order valence-corrected chi connectivity index (χ1v) is 7.48. The molecule has 0 aliphatic carbocycles. The molecule has 5 heteroatoms. The number of benzene rings is 1. The molecular formula is C15H15FN2OS. The average Bonchev–Trinajstić information content (AvgIpc) is 3.11. The van der Waals surface area contributed by atoms with Crippen molar-refractivity contribution in [1.82, 2.24) is 4.90 Å². The van der Waals surface area contributed by atoms with E-state index < -0.39 is 0 Å². The van der Waals surface area contributed by atoms with E-state index >= 15 is 0 Å². The number of nitrogens with one attached hydrogen (secondary N) is 1. The fourth-order valence-electron chi connectivity index (χ4n) is 2.51. The van der Waals surface area contributed by atoms with E-state index in [2.05, 4.69) is 11.4 Å². The number of amides is 2. The number of hydrogen-bond donors (Lipinski definition) is 1. The predicted molar refractivity (Wildman–Crippen MR) is 78.4 cm³/mol. The molecule has 1 saturated heterocycles. The highest BCUT2D eigenvalue weighted by molar-refractivity contribution is 7.10. The minimum absolute atomic E-state index is 0.118. The zero-order valence-electron chi connectivity index (χ0n) is 10.9. The summed E-state index contributed by atoms with van der Waals surface area (Å²) >= 11 is 1.68. The second-order valence-electron chi connectivity index (χ2n) is 4.80. The monoisotopic (exact) mass is 290 g/mol. The molecule has 1 aromatic heterocycles. The average molecular weight is 290 g/mol. The molecular weight excluding hydrogens is 275 g/mol. The largest absolute Gasteiger partial charge is 0.322 e. The number of anilines is 1. The predicted octanol–water partition coefficient (Wildman–Crippen LogP) is 4.26. The van der Waals surface area contributed by atoms with Gasteiger partial charge in [-0.2, -0.15) is 0 Å². The van der Waals surface area contributed by atoms with Gasteiger partial charge in [0.15, 0.2) is 0 Å². The summed E-state index contributed by atoms with van der Waals surface area (Å²) < 4.78 is 12.9. The fourth-order valence-corrected chi connectivity index (χ4v) is 3.39. The SMILES string of the molecule is O=C(Nc1ccc(F)cc1)N1CCC[C@H]1c1cccs1. The summed E-state index contributed by atoms with van der Waals surface area (Å²) in [5.41, 5.74) is 0.619. The second kappa shape index (κ2) is 5.63. The molecule has 1 aliphatic heterocycles. The highest BCUT2D eigenvalue weighted by atomic mass is 32.1. The van der Waals surface area contributed by atoms with Crippen molar-refractivity contribution in [2.75, 3.05) is 11.9 Å². The van der Waals surface area contributed by atoms with E-state index in [1.54, 1.807) is 23.5 Å². The Morgan fingerprint density at radius 3 is 2.80 bits per heavy atom. The van der Waals surface area contributed by atoms with Gasteiger partial charge in [0.05, 0.1) is 6.04 Å². The zero-order chi connectivity index (χ0) is 13.9. The van der Waals surface area contributed by atoms with Crippen molar-refractivity contribution in [1.29, 1.82) is 0 Å². The third-order valence-electron chi connectivity index (χ3n) is 3.48. The third kappa shape index (κ3) is 2.67. The van der Waals surface area contributed by atoms with Crippen LogP contribution in [0, 0.1) is 5.82 Å². The van der Waals surface area contributed by atoms with Gasteiger partial charge in [-0.25, -0.2) is 9.18 Å². The van der Waals surface area contributed by atoms with Crippen molar-refractivity contribution in [3.63, 3.8) is 0 Å². The number of hydrogen-bond acceptors (Lipinski definition) is 2. The van der Waals surface area contributed by atoms with Gasteiger partial charge in [-0.3, -0.25) is 0 Å². The minimum atomic E-state index is -0.305. The van der Waals surface area contributed by atoms with Crippen molar-refractivity contribution >= 4 is 23.1 Å². The van der Waals surface area contributed by atoms with Gasteiger partial charge in [-0.05, 0) is 48.6 Å². The fraction of sp³-hybridized carbons (Fsp3) is 0.267. The van der Waals surface area contributed by atoms with Gasteiger partial charge in [0.25, 0.3) is 0 Å². The van der Waals surface area contributed by atoms with E-state index in [0.29, 0.717) is 5.69 Å². The molecule has 3 nitrogen and oxygen atoms in total. The number of thiophene rings is 1. The van der Waals surface area contributed by atoms with Crippen molar-refractivity contribution in [2.24, 2.45) is 0 Å². The van der Waals surface area contributed by atoms with E-state index in [4.69, 9.17) is 0 Å². The zero-order valence-corrected chi connectivity index (χ0v) is 11.7. The van der Waals surface area contributed by atoms with Crippen LogP contribution >= 0.6 is 11.3 Å².